The van der Waals surface area contributed by atoms with Gasteiger partial charge in [0.05, 0.1) is 19.0 Å². The molecule has 2 aliphatic carbocycles. The molecule has 1 atom stereocenters. The van der Waals surface area contributed by atoms with Crippen LogP contribution in [-0.4, -0.2) is 67.2 Å². The third kappa shape index (κ3) is 9.10. The smallest absolute Gasteiger partial charge is 0.326 e. The maximum absolute atomic E-state index is 14.7. The van der Waals surface area contributed by atoms with Gasteiger partial charge in [-0.3, -0.25) is 14.2 Å². The molecule has 0 bridgehead atoms. The molecule has 2 aromatic rings. The molecule has 13 nitrogen and oxygen atoms in total. The highest BCUT2D eigenvalue weighted by Gasteiger charge is 2.47. The molecule has 0 aliphatic heterocycles. The quantitative estimate of drug-likeness (QED) is 0.181. The Morgan fingerprint density at radius 1 is 0.872 bits per heavy atom. The maximum Gasteiger partial charge on any atom is 0.326 e. The summed E-state index contributed by atoms with van der Waals surface area (Å²) in [6.45, 7) is 21.8. The standard InChI is InChI=1S/C33H56N7O6P/c1-20(16-40-18-37-25-26(34)35-17-36-27(25)40)44-19-47(43,38-32(8,9)28(41)45-23-12-21(13-23)30(2,3)4)39-33(10,11)29(42)46-24-14-22(15-24)31(5,6)7/h17-18,20-24H,12-16,19H2,1-11H3,(H2,34,35,36)(H2,38,39,43)/t20-,21-,22-,23+,24+/m1/s1. The summed E-state index contributed by atoms with van der Waals surface area (Å²) in [6.07, 6.45) is 4.96. The Hall–Kier alpha value is -2.60. The normalized spacial score (nSPS) is 23.1. The lowest BCUT2D eigenvalue weighted by molar-refractivity contribution is -0.164. The number of nitrogens with two attached hydrogens (primary N) is 1. The molecule has 2 heterocycles. The van der Waals surface area contributed by atoms with Crippen LogP contribution in [0.3, 0.4) is 0 Å². The highest BCUT2D eigenvalue weighted by Crippen LogP contribution is 2.46. The molecule has 2 aromatic heterocycles. The van der Waals surface area contributed by atoms with Gasteiger partial charge in [0.25, 0.3) is 0 Å². The Labute approximate surface area is 279 Å². The van der Waals surface area contributed by atoms with Crippen molar-refractivity contribution >= 4 is 36.4 Å². The summed E-state index contributed by atoms with van der Waals surface area (Å²) < 4.78 is 34.3. The van der Waals surface area contributed by atoms with Crippen LogP contribution in [0.1, 0.15) is 102 Å². The van der Waals surface area contributed by atoms with Crippen molar-refractivity contribution in [3.8, 4) is 0 Å². The molecule has 0 saturated heterocycles. The van der Waals surface area contributed by atoms with Crippen molar-refractivity contribution in [2.45, 2.75) is 138 Å². The first-order valence-corrected chi connectivity index (χ1v) is 18.5. The van der Waals surface area contributed by atoms with Crippen molar-refractivity contribution in [3.05, 3.63) is 12.7 Å². The number of anilines is 1. The third-order valence-corrected chi connectivity index (χ3v) is 11.9. The van der Waals surface area contributed by atoms with E-state index in [2.05, 4.69) is 66.7 Å². The zero-order chi connectivity index (χ0) is 35.2. The van der Waals surface area contributed by atoms with Gasteiger partial charge in [-0.2, -0.15) is 0 Å². The zero-order valence-corrected chi connectivity index (χ0v) is 30.9. The lowest BCUT2D eigenvalue weighted by Crippen LogP contribution is -2.55. The molecule has 14 heteroatoms. The van der Waals surface area contributed by atoms with Gasteiger partial charge >= 0.3 is 11.9 Å². The number of nitrogens with one attached hydrogen (secondary N) is 2. The van der Waals surface area contributed by atoms with Crippen molar-refractivity contribution in [1.29, 1.82) is 0 Å². The first-order valence-electron chi connectivity index (χ1n) is 16.6. The lowest BCUT2D eigenvalue weighted by Gasteiger charge is -2.44. The first-order chi connectivity index (χ1) is 21.5. The Morgan fingerprint density at radius 3 is 1.79 bits per heavy atom. The lowest BCUT2D eigenvalue weighted by atomic mass is 9.67. The molecule has 2 fully saturated rings. The summed E-state index contributed by atoms with van der Waals surface area (Å²) in [5.74, 6) is 0.173. The van der Waals surface area contributed by atoms with E-state index in [4.69, 9.17) is 19.9 Å². The van der Waals surface area contributed by atoms with Crippen LogP contribution in [0.25, 0.3) is 11.2 Å². The number of imidazole rings is 1. The van der Waals surface area contributed by atoms with Crippen LogP contribution in [0.4, 0.5) is 5.82 Å². The second kappa shape index (κ2) is 13.4. The van der Waals surface area contributed by atoms with Gasteiger partial charge in [0, 0.05) is 0 Å². The molecule has 4 N–H and O–H groups in total. The summed E-state index contributed by atoms with van der Waals surface area (Å²) in [6, 6.07) is 0. The minimum absolute atomic E-state index is 0.139. The van der Waals surface area contributed by atoms with E-state index in [1.165, 1.54) is 6.33 Å². The van der Waals surface area contributed by atoms with Crippen molar-refractivity contribution in [1.82, 2.24) is 29.7 Å². The van der Waals surface area contributed by atoms with Gasteiger partial charge in [-0.1, -0.05) is 41.5 Å². The van der Waals surface area contributed by atoms with Crippen LogP contribution in [0, 0.1) is 22.7 Å². The fourth-order valence-electron chi connectivity index (χ4n) is 6.02. The SMILES string of the molecule is C[C@H](Cn1cnc2c(N)ncnc21)OCP(=O)(NC(C)(C)C(=O)O[C@H]1C[C@@H](C(C)(C)C)C1)NC(C)(C)C(=O)O[C@H]1C[C@@H](C(C)(C)C)C1. The number of carbonyl (C=O) groups excluding carboxylic acids is 2. The van der Waals surface area contributed by atoms with Crippen molar-refractivity contribution < 1.29 is 28.4 Å². The van der Waals surface area contributed by atoms with Gasteiger partial charge in [-0.15, -0.1) is 0 Å². The van der Waals surface area contributed by atoms with Gasteiger partial charge < -0.3 is 24.5 Å². The van der Waals surface area contributed by atoms with Crippen LogP contribution in [-0.2, 0) is 34.9 Å². The number of ether oxygens (including phenoxy) is 3. The number of hydrogen-bond donors (Lipinski definition) is 3. The molecule has 0 unspecified atom stereocenters. The number of hydrogen-bond acceptors (Lipinski definition) is 10. The molecule has 2 saturated carbocycles. The molecule has 0 amide bonds. The minimum atomic E-state index is -3.81. The molecule has 0 radical (unpaired) electrons. The van der Waals surface area contributed by atoms with Crippen LogP contribution in [0.5, 0.6) is 0 Å². The van der Waals surface area contributed by atoms with Crippen molar-refractivity contribution in [2.75, 3.05) is 12.1 Å². The van der Waals surface area contributed by atoms with E-state index in [-0.39, 0.29) is 35.2 Å². The Balaban J connectivity index is 1.45. The average molecular weight is 678 g/mol. The van der Waals surface area contributed by atoms with Gasteiger partial charge in [0.2, 0.25) is 7.44 Å². The Kier molecular flexibility index (Phi) is 10.6. The number of esters is 2. The van der Waals surface area contributed by atoms with E-state index >= 15 is 0 Å². The molecule has 264 valence electrons. The number of aromatic nitrogens is 4. The van der Waals surface area contributed by atoms with E-state index in [9.17, 15) is 14.2 Å². The van der Waals surface area contributed by atoms with Gasteiger partial charge in [-0.25, -0.2) is 25.1 Å². The Bertz CT molecular complexity index is 1420. The zero-order valence-electron chi connectivity index (χ0n) is 30.0. The van der Waals surface area contributed by atoms with E-state index in [1.807, 2.05) is 6.92 Å². The molecular weight excluding hydrogens is 621 g/mol. The fourth-order valence-corrected chi connectivity index (χ4v) is 8.65. The molecule has 2 aliphatic rings. The van der Waals surface area contributed by atoms with Gasteiger partial charge in [0.1, 0.15) is 41.5 Å². The molecule has 0 spiro atoms. The second-order valence-electron chi connectivity index (χ2n) is 16.8. The summed E-state index contributed by atoms with van der Waals surface area (Å²) >= 11 is 0. The number of carbonyl (C=O) groups is 2. The van der Waals surface area contributed by atoms with E-state index < -0.39 is 36.6 Å². The van der Waals surface area contributed by atoms with Crippen LogP contribution < -0.4 is 15.9 Å². The van der Waals surface area contributed by atoms with Crippen molar-refractivity contribution in [2.24, 2.45) is 22.7 Å². The highest BCUT2D eigenvalue weighted by atomic mass is 31.2. The van der Waals surface area contributed by atoms with Crippen molar-refractivity contribution in [3.63, 3.8) is 0 Å². The number of rotatable bonds is 13. The monoisotopic (exact) mass is 677 g/mol. The molecule has 0 aromatic carbocycles. The topological polar surface area (TPSA) is 173 Å². The van der Waals surface area contributed by atoms with Crippen LogP contribution >= 0.6 is 7.44 Å². The summed E-state index contributed by atoms with van der Waals surface area (Å²) in [7, 11) is -3.81. The van der Waals surface area contributed by atoms with Gasteiger partial charge in [-0.05, 0) is 83.0 Å². The highest BCUT2D eigenvalue weighted by molar-refractivity contribution is 7.59. The van der Waals surface area contributed by atoms with Gasteiger partial charge in [0.15, 0.2) is 11.5 Å². The number of nitrogens with zero attached hydrogens (tertiary/aromatic N) is 4. The van der Waals surface area contributed by atoms with E-state index in [0.29, 0.717) is 29.5 Å². The predicted octanol–water partition coefficient (Wildman–Crippen LogP) is 5.44. The molecular formula is C33H56N7O6P. The summed E-state index contributed by atoms with van der Waals surface area (Å²) in [4.78, 5) is 39.4. The predicted molar refractivity (Wildman–Crippen MR) is 181 cm³/mol. The fraction of sp³-hybridized carbons (Fsp3) is 0.788. The second-order valence-corrected chi connectivity index (χ2v) is 19.0. The third-order valence-electron chi connectivity index (χ3n) is 9.55. The van der Waals surface area contributed by atoms with E-state index in [1.54, 1.807) is 38.6 Å². The molecule has 4 rings (SSSR count). The first kappa shape index (κ1) is 37.2. The van der Waals surface area contributed by atoms with E-state index in [0.717, 1.165) is 25.7 Å². The summed E-state index contributed by atoms with van der Waals surface area (Å²) in [5.41, 5.74) is 4.53. The number of nitrogen functional groups attached to an aromatic ring is 1. The minimum Gasteiger partial charge on any atom is -0.461 e. The number of fused-ring (bicyclic) bond motifs is 1. The molecule has 47 heavy (non-hydrogen) atoms. The summed E-state index contributed by atoms with van der Waals surface area (Å²) in [5, 5.41) is 6.03. The average Bonchev–Trinajstić information content (AvgIpc) is 3.28. The van der Waals surface area contributed by atoms with Crippen LogP contribution in [0.2, 0.25) is 0 Å². The largest absolute Gasteiger partial charge is 0.461 e. The Morgan fingerprint density at radius 2 is 1.34 bits per heavy atom. The van der Waals surface area contributed by atoms with Crippen LogP contribution in [0.15, 0.2) is 12.7 Å². The maximum atomic E-state index is 14.7.